The fourth-order valence-electron chi connectivity index (χ4n) is 4.84. The van der Waals surface area contributed by atoms with Gasteiger partial charge in [-0.2, -0.15) is 0 Å². The van der Waals surface area contributed by atoms with Gasteiger partial charge in [0.15, 0.2) is 22.6 Å². The summed E-state index contributed by atoms with van der Waals surface area (Å²) in [6.07, 6.45) is 7.37. The number of ether oxygens (including phenoxy) is 2. The van der Waals surface area contributed by atoms with Crippen molar-refractivity contribution in [2.24, 2.45) is 0 Å². The summed E-state index contributed by atoms with van der Waals surface area (Å²) in [4.78, 5) is 40.8. The van der Waals surface area contributed by atoms with E-state index < -0.39 is 39.9 Å². The number of carbonyl (C=O) groups is 2. The lowest BCUT2D eigenvalue weighted by Gasteiger charge is -2.30. The van der Waals surface area contributed by atoms with Gasteiger partial charge in [-0.25, -0.2) is 19.7 Å². The number of hydrogen-bond acceptors (Lipinski definition) is 9. The molecule has 1 aromatic carbocycles. The zero-order chi connectivity index (χ0) is 27.9. The first kappa shape index (κ1) is 27.4. The van der Waals surface area contributed by atoms with Crippen molar-refractivity contribution in [3.63, 3.8) is 0 Å². The average Bonchev–Trinajstić information content (AvgIpc) is 3.59. The minimum absolute atomic E-state index is 0.0171. The van der Waals surface area contributed by atoms with Gasteiger partial charge in [0.2, 0.25) is 9.39 Å². The number of aliphatic carboxylic acids is 1. The van der Waals surface area contributed by atoms with Gasteiger partial charge < -0.3 is 24.6 Å². The first-order valence-electron chi connectivity index (χ1n) is 12.5. The molecule has 204 valence electrons. The van der Waals surface area contributed by atoms with E-state index >= 15 is 0 Å². The number of carboxylic acid groups (broad SMARTS) is 1. The molecular formula is C27H28IN5O6. The lowest BCUT2D eigenvalue weighted by atomic mass is 9.94. The number of aromatic nitrogens is 4. The lowest BCUT2D eigenvalue weighted by molar-refractivity contribution is -0.176. The smallest absolute Gasteiger partial charge is 0.345 e. The summed E-state index contributed by atoms with van der Waals surface area (Å²) in [5.74, 6) is 2.22. The molecule has 2 aromatic heterocycles. The molecule has 2 fully saturated rings. The van der Waals surface area contributed by atoms with Crippen LogP contribution in [0.1, 0.15) is 36.9 Å². The Labute approximate surface area is 238 Å². The highest BCUT2D eigenvalue weighted by molar-refractivity contribution is 14.1. The van der Waals surface area contributed by atoms with E-state index in [1.807, 2.05) is 7.05 Å². The van der Waals surface area contributed by atoms with Gasteiger partial charge in [-0.3, -0.25) is 9.36 Å². The molecule has 0 spiro atoms. The van der Waals surface area contributed by atoms with Gasteiger partial charge in [0, 0.05) is 48.5 Å². The highest BCUT2D eigenvalue weighted by atomic mass is 127. The van der Waals surface area contributed by atoms with E-state index in [-0.39, 0.29) is 12.8 Å². The normalized spacial score (nSPS) is 24.3. The van der Waals surface area contributed by atoms with Crippen molar-refractivity contribution in [1.82, 2.24) is 19.5 Å². The molecule has 39 heavy (non-hydrogen) atoms. The molecule has 1 aliphatic heterocycles. The zero-order valence-corrected chi connectivity index (χ0v) is 23.6. The molecule has 4 atom stereocenters. The van der Waals surface area contributed by atoms with Gasteiger partial charge in [0.25, 0.3) is 0 Å². The largest absolute Gasteiger partial charge is 0.479 e. The Morgan fingerprint density at radius 2 is 2.05 bits per heavy atom. The van der Waals surface area contributed by atoms with Crippen molar-refractivity contribution in [1.29, 1.82) is 0 Å². The highest BCUT2D eigenvalue weighted by Crippen LogP contribution is 2.40. The molecule has 12 heteroatoms. The maximum atomic E-state index is 12.6. The molecule has 2 N–H and O–H groups in total. The second-order valence-electron chi connectivity index (χ2n) is 9.99. The van der Waals surface area contributed by atoms with Gasteiger partial charge in [-0.05, 0) is 25.3 Å². The Hall–Kier alpha value is -3.12. The van der Waals surface area contributed by atoms with Crippen molar-refractivity contribution in [3.05, 3.63) is 48.0 Å². The highest BCUT2D eigenvalue weighted by Gasteiger charge is 2.52. The number of anilines is 1. The van der Waals surface area contributed by atoms with E-state index in [2.05, 4.69) is 25.8 Å². The molecule has 3 unspecified atom stereocenters. The summed E-state index contributed by atoms with van der Waals surface area (Å²) >= 11 is 1.43. The molecule has 1 aliphatic carbocycles. The number of aliphatic hydroxyl groups is 1. The van der Waals surface area contributed by atoms with E-state index in [0.29, 0.717) is 28.6 Å². The van der Waals surface area contributed by atoms with Crippen molar-refractivity contribution < 1.29 is 29.3 Å². The topological polar surface area (TPSA) is 140 Å². The Balaban J connectivity index is 1.42. The number of rotatable bonds is 10. The lowest BCUT2D eigenvalue weighted by Crippen LogP contribution is -2.52. The van der Waals surface area contributed by atoms with Crippen LogP contribution < -0.4 is 4.90 Å². The van der Waals surface area contributed by atoms with Gasteiger partial charge in [-0.1, -0.05) is 36.3 Å². The van der Waals surface area contributed by atoms with E-state index in [1.54, 1.807) is 48.1 Å². The van der Waals surface area contributed by atoms with Crippen LogP contribution in [0.4, 0.5) is 5.82 Å². The third kappa shape index (κ3) is 5.11. The van der Waals surface area contributed by atoms with E-state index in [0.717, 1.165) is 18.7 Å². The van der Waals surface area contributed by atoms with Crippen LogP contribution in [0.3, 0.4) is 0 Å². The van der Waals surface area contributed by atoms with Crippen molar-refractivity contribution in [3.8, 4) is 12.3 Å². The zero-order valence-electron chi connectivity index (χ0n) is 21.5. The summed E-state index contributed by atoms with van der Waals surface area (Å²) in [5, 5.41) is 21.3. The summed E-state index contributed by atoms with van der Waals surface area (Å²) in [5.41, 5.74) is -2.24. The number of aryl methyl sites for hydroxylation is 1. The fraction of sp³-hybridized carbons (Fsp3) is 0.444. The predicted molar refractivity (Wildman–Crippen MR) is 149 cm³/mol. The Kier molecular flexibility index (Phi) is 7.36. The van der Waals surface area contributed by atoms with Crippen LogP contribution in [0.5, 0.6) is 0 Å². The molecule has 0 bridgehead atoms. The monoisotopic (exact) mass is 645 g/mol. The summed E-state index contributed by atoms with van der Waals surface area (Å²) in [6, 6.07) is 9.12. The number of terminal acetylenes is 1. The van der Waals surface area contributed by atoms with Crippen molar-refractivity contribution in [2.75, 3.05) is 18.6 Å². The number of carbonyl (C=O) groups excluding carboxylic acids is 1. The van der Waals surface area contributed by atoms with Crippen LogP contribution in [0, 0.1) is 19.3 Å². The molecule has 2 aliphatic rings. The predicted octanol–water partition coefficient (Wildman–Crippen LogP) is 2.43. The maximum Gasteiger partial charge on any atom is 0.345 e. The SMILES string of the molecule is C#C[C@]1(O)CC(n2cnc3c(N(C)C4CC4)nc(C)nc32)OC1COC(Cc1ccccc1)(C(=O)O)C(=O)I. The Morgan fingerprint density at radius 3 is 2.67 bits per heavy atom. The van der Waals surface area contributed by atoms with E-state index in [9.17, 15) is 19.8 Å². The Bertz CT molecular complexity index is 1440. The minimum Gasteiger partial charge on any atom is -0.479 e. The molecular weight excluding hydrogens is 617 g/mol. The molecule has 1 saturated carbocycles. The molecule has 3 heterocycles. The molecule has 5 rings (SSSR count). The third-order valence-electron chi connectivity index (χ3n) is 7.28. The van der Waals surface area contributed by atoms with E-state index in [1.165, 1.54) is 22.6 Å². The number of nitrogens with zero attached hydrogens (tertiary/aromatic N) is 5. The minimum atomic E-state index is -2.19. The van der Waals surface area contributed by atoms with Crippen LogP contribution in [-0.2, 0) is 25.5 Å². The summed E-state index contributed by atoms with van der Waals surface area (Å²) < 4.78 is 12.9. The first-order chi connectivity index (χ1) is 18.6. The van der Waals surface area contributed by atoms with Gasteiger partial charge in [0.05, 0.1) is 12.9 Å². The number of imidazole rings is 1. The summed E-state index contributed by atoms with van der Waals surface area (Å²) in [7, 11) is 1.98. The number of benzene rings is 1. The van der Waals surface area contributed by atoms with Gasteiger partial charge >= 0.3 is 5.97 Å². The number of hydrogen-bond donors (Lipinski definition) is 2. The molecule has 3 aromatic rings. The van der Waals surface area contributed by atoms with Crippen LogP contribution in [0.25, 0.3) is 11.2 Å². The quantitative estimate of drug-likeness (QED) is 0.146. The van der Waals surface area contributed by atoms with Gasteiger partial charge in [-0.15, -0.1) is 6.42 Å². The molecule has 1 saturated heterocycles. The molecule has 11 nitrogen and oxygen atoms in total. The summed E-state index contributed by atoms with van der Waals surface area (Å²) in [6.45, 7) is 1.37. The second kappa shape index (κ2) is 10.5. The van der Waals surface area contributed by atoms with Crippen LogP contribution in [0.2, 0.25) is 0 Å². The number of carboxylic acids is 1. The van der Waals surface area contributed by atoms with Crippen LogP contribution in [0.15, 0.2) is 36.7 Å². The standard InChI is InChI=1S/C27H28IN5O6/c1-4-26(37)13-20(33-15-29-21-22(32(3)18-10-11-18)30-16(2)31-23(21)33)39-19(26)14-38-27(24(28)34,25(35)36)12-17-8-6-5-7-9-17/h1,5-9,15,18-20,37H,10-14H2,2-3H3,(H,35,36)/t19?,20?,26-,27?/m0/s1. The average molecular weight is 645 g/mol. The third-order valence-corrected chi connectivity index (χ3v) is 8.15. The van der Waals surface area contributed by atoms with Gasteiger partial charge in [0.1, 0.15) is 18.2 Å². The second-order valence-corrected chi connectivity index (χ2v) is 11.0. The first-order valence-corrected chi connectivity index (χ1v) is 13.6. The number of fused-ring (bicyclic) bond motifs is 1. The Morgan fingerprint density at radius 1 is 1.33 bits per heavy atom. The van der Waals surface area contributed by atoms with Crippen LogP contribution >= 0.6 is 22.6 Å². The van der Waals surface area contributed by atoms with E-state index in [4.69, 9.17) is 15.9 Å². The fourth-order valence-corrected chi connectivity index (χ4v) is 5.42. The molecule has 0 radical (unpaired) electrons. The maximum absolute atomic E-state index is 12.6. The van der Waals surface area contributed by atoms with Crippen molar-refractivity contribution >= 4 is 49.3 Å². The van der Waals surface area contributed by atoms with Crippen LogP contribution in [-0.4, -0.2) is 76.5 Å². The number of halogens is 1. The van der Waals surface area contributed by atoms with Crippen molar-refractivity contribution in [2.45, 2.75) is 62.2 Å². The molecule has 0 amide bonds.